The third-order valence-corrected chi connectivity index (χ3v) is 2.78. The average molecular weight is 257 g/mol. The molecule has 1 aromatic heterocycles. The number of hydrazine groups is 1. The summed E-state index contributed by atoms with van der Waals surface area (Å²) in [5.41, 5.74) is 2.07. The number of rotatable bonds is 2. The highest BCUT2D eigenvalue weighted by molar-refractivity contribution is 5.91. The van der Waals surface area contributed by atoms with Crippen molar-refractivity contribution in [1.29, 1.82) is 0 Å². The first kappa shape index (κ1) is 12.6. The van der Waals surface area contributed by atoms with Crippen LogP contribution in [0.2, 0.25) is 0 Å². The molecule has 0 unspecified atom stereocenters. The molecular weight excluding hydrogens is 244 g/mol. The number of carbonyl (C=O) groups is 1. The highest BCUT2D eigenvalue weighted by atomic mass is 19.3. The summed E-state index contributed by atoms with van der Waals surface area (Å²) in [6.45, 7) is 0.335. The first-order valence-electron chi connectivity index (χ1n) is 5.48. The van der Waals surface area contributed by atoms with Gasteiger partial charge in [0.1, 0.15) is 5.69 Å². The van der Waals surface area contributed by atoms with Crippen molar-refractivity contribution in [1.82, 2.24) is 15.4 Å². The maximum atomic E-state index is 13.0. The van der Waals surface area contributed by atoms with Crippen molar-refractivity contribution in [2.24, 2.45) is 5.84 Å². The van der Waals surface area contributed by atoms with Crippen LogP contribution in [0.4, 0.5) is 14.7 Å². The van der Waals surface area contributed by atoms with Crippen LogP contribution in [0.25, 0.3) is 0 Å². The largest absolute Gasteiger partial charge is 0.340 e. The zero-order valence-corrected chi connectivity index (χ0v) is 9.57. The molecule has 1 saturated heterocycles. The molecule has 1 fully saturated rings. The second-order valence-electron chi connectivity index (χ2n) is 4.06. The Morgan fingerprint density at radius 1 is 1.44 bits per heavy atom. The normalized spacial score (nSPS) is 18.5. The van der Waals surface area contributed by atoms with Crippen LogP contribution in [0, 0.1) is 0 Å². The third kappa shape index (κ3) is 2.70. The topological polar surface area (TPSA) is 84.1 Å². The van der Waals surface area contributed by atoms with Gasteiger partial charge in [-0.25, -0.2) is 24.6 Å². The van der Waals surface area contributed by atoms with Crippen molar-refractivity contribution in [3.63, 3.8) is 0 Å². The molecule has 8 heteroatoms. The first-order chi connectivity index (χ1) is 8.52. The van der Waals surface area contributed by atoms with E-state index in [0.717, 1.165) is 0 Å². The summed E-state index contributed by atoms with van der Waals surface area (Å²) in [6.07, 6.45) is 0.938. The molecule has 1 aliphatic rings. The molecule has 0 radical (unpaired) electrons. The summed E-state index contributed by atoms with van der Waals surface area (Å²) < 4.78 is 26.0. The summed E-state index contributed by atoms with van der Waals surface area (Å²) in [4.78, 5) is 20.9. The van der Waals surface area contributed by atoms with E-state index in [1.165, 1.54) is 12.3 Å². The summed E-state index contributed by atoms with van der Waals surface area (Å²) in [5.74, 6) is 2.10. The quantitative estimate of drug-likeness (QED) is 0.452. The predicted molar refractivity (Wildman–Crippen MR) is 60.1 cm³/mol. The summed E-state index contributed by atoms with van der Waals surface area (Å²) in [7, 11) is 0. The van der Waals surface area contributed by atoms with E-state index in [-0.39, 0.29) is 37.6 Å². The van der Waals surface area contributed by atoms with E-state index in [1.807, 2.05) is 5.43 Å². The van der Waals surface area contributed by atoms with Crippen LogP contribution < -0.4 is 16.2 Å². The van der Waals surface area contributed by atoms with E-state index >= 15 is 0 Å². The number of nitrogens with zero attached hydrogens (tertiary/aromatic N) is 3. The van der Waals surface area contributed by atoms with Crippen LogP contribution in [0.15, 0.2) is 12.3 Å². The standard InChI is InChI=1S/C10H13F2N5O/c11-10(12)2-5-17(6-3-10)9-14-4-1-7(15-9)8(18)16-13/h1,4H,2-3,5-6,13H2,(H,16,18). The SMILES string of the molecule is NNC(=O)c1ccnc(N2CCC(F)(F)CC2)n1. The summed E-state index contributed by atoms with van der Waals surface area (Å²) in [5, 5.41) is 0. The molecule has 2 rings (SSSR count). The molecule has 1 aromatic rings. The van der Waals surface area contributed by atoms with Gasteiger partial charge in [-0.3, -0.25) is 10.2 Å². The Bertz CT molecular complexity index is 444. The third-order valence-electron chi connectivity index (χ3n) is 2.78. The molecule has 1 aliphatic heterocycles. The number of alkyl halides is 2. The fraction of sp³-hybridized carbons (Fsp3) is 0.500. The van der Waals surface area contributed by atoms with Gasteiger partial charge in [-0.05, 0) is 6.07 Å². The van der Waals surface area contributed by atoms with Crippen LogP contribution in [0.1, 0.15) is 23.3 Å². The van der Waals surface area contributed by atoms with Crippen LogP contribution >= 0.6 is 0 Å². The zero-order valence-electron chi connectivity index (χ0n) is 9.57. The summed E-state index contributed by atoms with van der Waals surface area (Å²) in [6, 6.07) is 1.41. The van der Waals surface area contributed by atoms with Crippen molar-refractivity contribution >= 4 is 11.9 Å². The molecule has 0 bridgehead atoms. The Balaban J connectivity index is 2.12. The summed E-state index contributed by atoms with van der Waals surface area (Å²) >= 11 is 0. The Labute approximate surface area is 102 Å². The van der Waals surface area contributed by atoms with Gasteiger partial charge in [0.25, 0.3) is 11.8 Å². The number of anilines is 1. The Kier molecular flexibility index (Phi) is 3.37. The highest BCUT2D eigenvalue weighted by Crippen LogP contribution is 2.29. The molecule has 0 aromatic carbocycles. The monoisotopic (exact) mass is 257 g/mol. The zero-order chi connectivity index (χ0) is 13.2. The second kappa shape index (κ2) is 4.81. The van der Waals surface area contributed by atoms with E-state index < -0.39 is 11.8 Å². The molecule has 0 saturated carbocycles. The lowest BCUT2D eigenvalue weighted by Crippen LogP contribution is -2.40. The second-order valence-corrected chi connectivity index (χ2v) is 4.06. The number of aromatic nitrogens is 2. The van der Waals surface area contributed by atoms with Crippen molar-refractivity contribution in [3.8, 4) is 0 Å². The van der Waals surface area contributed by atoms with E-state index in [4.69, 9.17) is 5.84 Å². The molecule has 98 valence electrons. The molecular formula is C10H13F2N5O. The van der Waals surface area contributed by atoms with Gasteiger partial charge in [0.15, 0.2) is 0 Å². The lowest BCUT2D eigenvalue weighted by molar-refractivity contribution is -0.0222. The average Bonchev–Trinajstić information content (AvgIpc) is 2.38. The number of nitrogens with two attached hydrogens (primary N) is 1. The van der Waals surface area contributed by atoms with E-state index in [2.05, 4.69) is 9.97 Å². The first-order valence-corrected chi connectivity index (χ1v) is 5.48. The smallest absolute Gasteiger partial charge is 0.283 e. The fourth-order valence-corrected chi connectivity index (χ4v) is 1.74. The van der Waals surface area contributed by atoms with Crippen molar-refractivity contribution in [2.75, 3.05) is 18.0 Å². The molecule has 0 atom stereocenters. The maximum absolute atomic E-state index is 13.0. The van der Waals surface area contributed by atoms with Crippen molar-refractivity contribution < 1.29 is 13.6 Å². The Hall–Kier alpha value is -1.83. The van der Waals surface area contributed by atoms with Gasteiger partial charge in [-0.1, -0.05) is 0 Å². The molecule has 2 heterocycles. The number of nitrogens with one attached hydrogen (secondary N) is 1. The van der Waals surface area contributed by atoms with Crippen LogP contribution in [-0.4, -0.2) is 34.9 Å². The fourth-order valence-electron chi connectivity index (χ4n) is 1.74. The van der Waals surface area contributed by atoms with Crippen LogP contribution in [0.5, 0.6) is 0 Å². The number of hydrogen-bond donors (Lipinski definition) is 2. The van der Waals surface area contributed by atoms with Gasteiger partial charge in [0.05, 0.1) is 0 Å². The van der Waals surface area contributed by atoms with Crippen LogP contribution in [0.3, 0.4) is 0 Å². The van der Waals surface area contributed by atoms with E-state index in [0.29, 0.717) is 0 Å². The highest BCUT2D eigenvalue weighted by Gasteiger charge is 2.34. The number of carbonyl (C=O) groups excluding carboxylic acids is 1. The van der Waals surface area contributed by atoms with Gasteiger partial charge in [-0.2, -0.15) is 0 Å². The Morgan fingerprint density at radius 2 is 2.11 bits per heavy atom. The van der Waals surface area contributed by atoms with E-state index in [1.54, 1.807) is 4.90 Å². The minimum Gasteiger partial charge on any atom is -0.340 e. The molecule has 6 nitrogen and oxygen atoms in total. The predicted octanol–water partition coefficient (Wildman–Crippen LogP) is 0.316. The molecule has 18 heavy (non-hydrogen) atoms. The lowest BCUT2D eigenvalue weighted by atomic mass is 10.1. The van der Waals surface area contributed by atoms with Gasteiger partial charge in [0, 0.05) is 32.1 Å². The van der Waals surface area contributed by atoms with Crippen LogP contribution in [-0.2, 0) is 0 Å². The molecule has 0 aliphatic carbocycles. The minimum absolute atomic E-state index is 0.111. The number of piperidine rings is 1. The van der Waals surface area contributed by atoms with Gasteiger partial charge in [0.2, 0.25) is 5.95 Å². The van der Waals surface area contributed by atoms with Gasteiger partial charge in [-0.15, -0.1) is 0 Å². The van der Waals surface area contributed by atoms with Crippen molar-refractivity contribution in [2.45, 2.75) is 18.8 Å². The van der Waals surface area contributed by atoms with E-state index in [9.17, 15) is 13.6 Å². The van der Waals surface area contributed by atoms with Gasteiger partial charge < -0.3 is 4.90 Å². The minimum atomic E-state index is -2.62. The van der Waals surface area contributed by atoms with Gasteiger partial charge >= 0.3 is 0 Å². The number of hydrogen-bond acceptors (Lipinski definition) is 5. The molecule has 1 amide bonds. The number of amides is 1. The molecule has 0 spiro atoms. The number of nitrogen functional groups attached to an aromatic ring is 1. The maximum Gasteiger partial charge on any atom is 0.283 e. The number of halogens is 2. The molecule has 3 N–H and O–H groups in total. The lowest BCUT2D eigenvalue weighted by Gasteiger charge is -2.31. The van der Waals surface area contributed by atoms with Crippen molar-refractivity contribution in [3.05, 3.63) is 18.0 Å². The Morgan fingerprint density at radius 3 is 2.72 bits per heavy atom.